The van der Waals surface area contributed by atoms with Crippen molar-refractivity contribution in [2.24, 2.45) is 0 Å². The van der Waals surface area contributed by atoms with Crippen molar-refractivity contribution in [3.05, 3.63) is 57.0 Å². The van der Waals surface area contributed by atoms with Gasteiger partial charge < -0.3 is 10.2 Å². The average Bonchev–Trinajstić information content (AvgIpc) is 2.39. The summed E-state index contributed by atoms with van der Waals surface area (Å²) in [6.45, 7) is -0.000556. The van der Waals surface area contributed by atoms with Crippen LogP contribution in [0.25, 0.3) is 0 Å². The number of hydrogen-bond acceptors (Lipinski definition) is 4. The summed E-state index contributed by atoms with van der Waals surface area (Å²) in [5, 5.41) is 17.0. The molecule has 0 amide bonds. The van der Waals surface area contributed by atoms with Crippen LogP contribution in [-0.4, -0.2) is 26.2 Å². The number of nitrogens with zero attached hydrogens (tertiary/aromatic N) is 2. The van der Waals surface area contributed by atoms with E-state index in [1.165, 1.54) is 12.3 Å². The highest BCUT2D eigenvalue weighted by Gasteiger charge is 2.02. The van der Waals surface area contributed by atoms with E-state index in [2.05, 4.69) is 41.8 Å². The van der Waals surface area contributed by atoms with Crippen LogP contribution in [0.3, 0.4) is 0 Å². The Balaban J connectivity index is 0.000000191. The van der Waals surface area contributed by atoms with E-state index in [0.29, 0.717) is 5.69 Å². The van der Waals surface area contributed by atoms with Gasteiger partial charge >= 0.3 is 5.97 Å². The number of rotatable bonds is 2. The molecule has 0 aliphatic heterocycles. The van der Waals surface area contributed by atoms with Crippen molar-refractivity contribution in [3.8, 4) is 0 Å². The van der Waals surface area contributed by atoms with Gasteiger partial charge in [-0.05, 0) is 24.3 Å². The Bertz CT molecular complexity index is 564. The van der Waals surface area contributed by atoms with Crippen molar-refractivity contribution in [3.63, 3.8) is 0 Å². The molecule has 7 heteroatoms. The number of aromatic carboxylic acids is 1. The fraction of sp³-hybridized carbons (Fsp3) is 0.0833. The quantitative estimate of drug-likeness (QED) is 0.824. The van der Waals surface area contributed by atoms with E-state index in [0.717, 1.165) is 8.95 Å². The zero-order valence-electron chi connectivity index (χ0n) is 9.62. The summed E-state index contributed by atoms with van der Waals surface area (Å²) in [5.41, 5.74) is 0.735. The molecule has 2 aromatic rings. The third-order valence-electron chi connectivity index (χ3n) is 1.88. The van der Waals surface area contributed by atoms with Crippen LogP contribution in [0.5, 0.6) is 0 Å². The standard InChI is InChI=1S/C6H4BrNO2.C6H6BrNO/c7-4-1-2-8-5(3-4)6(9)10;7-5-1-2-8-6(3-5)4-9/h1-3H,(H,9,10);1-3,9H,4H2. The zero-order chi connectivity index (χ0) is 14.3. The lowest BCUT2D eigenvalue weighted by Crippen LogP contribution is -1.98. The van der Waals surface area contributed by atoms with Crippen LogP contribution in [0.2, 0.25) is 0 Å². The normalized spacial score (nSPS) is 9.42. The highest BCUT2D eigenvalue weighted by molar-refractivity contribution is 9.10. The van der Waals surface area contributed by atoms with Gasteiger partial charge in [-0.1, -0.05) is 31.9 Å². The molecule has 2 N–H and O–H groups in total. The van der Waals surface area contributed by atoms with Crippen molar-refractivity contribution in [2.45, 2.75) is 6.61 Å². The maximum absolute atomic E-state index is 10.3. The third-order valence-corrected chi connectivity index (χ3v) is 2.87. The molecule has 0 aliphatic carbocycles. The maximum atomic E-state index is 10.3. The van der Waals surface area contributed by atoms with Crippen molar-refractivity contribution in [2.75, 3.05) is 0 Å². The Morgan fingerprint density at radius 3 is 2.05 bits per heavy atom. The molecule has 0 unspecified atom stereocenters. The van der Waals surface area contributed by atoms with Gasteiger partial charge in [0.05, 0.1) is 12.3 Å². The summed E-state index contributed by atoms with van der Waals surface area (Å²) in [6, 6.07) is 6.72. The molecule has 5 nitrogen and oxygen atoms in total. The highest BCUT2D eigenvalue weighted by Crippen LogP contribution is 2.09. The molecule has 0 fully saturated rings. The van der Waals surface area contributed by atoms with Gasteiger partial charge in [0.25, 0.3) is 0 Å². The fourth-order valence-electron chi connectivity index (χ4n) is 1.06. The fourth-order valence-corrected chi connectivity index (χ4v) is 1.77. The van der Waals surface area contributed by atoms with Crippen molar-refractivity contribution >= 4 is 37.8 Å². The number of carbonyl (C=O) groups is 1. The summed E-state index contributed by atoms with van der Waals surface area (Å²) < 4.78 is 1.67. The van der Waals surface area contributed by atoms with Crippen molar-refractivity contribution in [1.29, 1.82) is 0 Å². The molecule has 0 bridgehead atoms. The van der Waals surface area contributed by atoms with Crippen molar-refractivity contribution < 1.29 is 15.0 Å². The van der Waals surface area contributed by atoms with Gasteiger partial charge in [-0.3, -0.25) is 4.98 Å². The number of carboxylic acid groups (broad SMARTS) is 1. The molecule has 2 heterocycles. The Kier molecular flexibility index (Phi) is 6.61. The Morgan fingerprint density at radius 1 is 1.11 bits per heavy atom. The van der Waals surface area contributed by atoms with E-state index in [-0.39, 0.29) is 12.3 Å². The number of aliphatic hydroxyl groups excluding tert-OH is 1. The van der Waals surface area contributed by atoms with Crippen LogP contribution in [0.4, 0.5) is 0 Å². The number of carboxylic acids is 1. The topological polar surface area (TPSA) is 83.3 Å². The third kappa shape index (κ3) is 5.91. The van der Waals surface area contributed by atoms with E-state index in [4.69, 9.17) is 10.2 Å². The lowest BCUT2D eigenvalue weighted by Gasteiger charge is -1.92. The first kappa shape index (κ1) is 15.7. The van der Waals surface area contributed by atoms with Gasteiger partial charge in [-0.15, -0.1) is 0 Å². The number of aliphatic hydroxyl groups is 1. The van der Waals surface area contributed by atoms with Gasteiger partial charge in [-0.2, -0.15) is 0 Å². The minimum atomic E-state index is -1.01. The highest BCUT2D eigenvalue weighted by atomic mass is 79.9. The second kappa shape index (κ2) is 7.98. The summed E-state index contributed by atoms with van der Waals surface area (Å²) in [6.07, 6.45) is 3.09. The van der Waals surface area contributed by atoms with Gasteiger partial charge in [-0.25, -0.2) is 9.78 Å². The SMILES string of the molecule is O=C(O)c1cc(Br)ccn1.OCc1cc(Br)ccn1. The zero-order valence-corrected chi connectivity index (χ0v) is 12.8. The summed E-state index contributed by atoms with van der Waals surface area (Å²) in [5.74, 6) is -1.01. The van der Waals surface area contributed by atoms with E-state index < -0.39 is 5.97 Å². The molecule has 0 aliphatic rings. The molecule has 0 atom stereocenters. The van der Waals surface area contributed by atoms with Crippen LogP contribution < -0.4 is 0 Å². The summed E-state index contributed by atoms with van der Waals surface area (Å²) >= 11 is 6.38. The van der Waals surface area contributed by atoms with Gasteiger partial charge in [0, 0.05) is 21.3 Å². The molecular weight excluding hydrogens is 380 g/mol. The van der Waals surface area contributed by atoms with E-state index >= 15 is 0 Å². The molecule has 2 rings (SSSR count). The molecular formula is C12H10Br2N2O3. The second-order valence-corrected chi connectivity index (χ2v) is 5.12. The van der Waals surface area contributed by atoms with Crippen LogP contribution >= 0.6 is 31.9 Å². The molecule has 19 heavy (non-hydrogen) atoms. The Morgan fingerprint density at radius 2 is 1.68 bits per heavy atom. The Labute approximate surface area is 126 Å². The Hall–Kier alpha value is -1.31. The minimum Gasteiger partial charge on any atom is -0.477 e. The van der Waals surface area contributed by atoms with Crippen LogP contribution in [-0.2, 0) is 6.61 Å². The largest absolute Gasteiger partial charge is 0.477 e. The molecule has 0 saturated carbocycles. The minimum absolute atomic E-state index is 0.000556. The van der Waals surface area contributed by atoms with Crippen LogP contribution in [0.1, 0.15) is 16.2 Å². The number of pyridine rings is 2. The molecule has 100 valence electrons. The molecule has 0 spiro atoms. The number of hydrogen-bond donors (Lipinski definition) is 2. The number of halogens is 2. The van der Waals surface area contributed by atoms with Crippen LogP contribution in [0, 0.1) is 0 Å². The number of aromatic nitrogens is 2. The summed E-state index contributed by atoms with van der Waals surface area (Å²) in [7, 11) is 0. The van der Waals surface area contributed by atoms with Gasteiger partial charge in [0.2, 0.25) is 0 Å². The smallest absolute Gasteiger partial charge is 0.354 e. The lowest BCUT2D eigenvalue weighted by atomic mass is 10.4. The second-order valence-electron chi connectivity index (χ2n) is 3.29. The monoisotopic (exact) mass is 388 g/mol. The van der Waals surface area contributed by atoms with E-state index in [9.17, 15) is 4.79 Å². The predicted molar refractivity (Wildman–Crippen MR) is 76.8 cm³/mol. The predicted octanol–water partition coefficient (Wildman–Crippen LogP) is 2.88. The molecule has 0 saturated heterocycles. The first-order valence-corrected chi connectivity index (χ1v) is 6.67. The average molecular weight is 390 g/mol. The first-order valence-electron chi connectivity index (χ1n) is 5.09. The van der Waals surface area contributed by atoms with Gasteiger partial charge in [0.15, 0.2) is 0 Å². The maximum Gasteiger partial charge on any atom is 0.354 e. The van der Waals surface area contributed by atoms with Crippen molar-refractivity contribution in [1.82, 2.24) is 9.97 Å². The van der Waals surface area contributed by atoms with E-state index in [1.807, 2.05) is 6.07 Å². The van der Waals surface area contributed by atoms with Gasteiger partial charge in [0.1, 0.15) is 5.69 Å². The van der Waals surface area contributed by atoms with E-state index in [1.54, 1.807) is 18.3 Å². The molecule has 0 aromatic carbocycles. The lowest BCUT2D eigenvalue weighted by molar-refractivity contribution is 0.0690. The molecule has 2 aromatic heterocycles. The first-order chi connectivity index (χ1) is 9.02. The van der Waals surface area contributed by atoms with Crippen LogP contribution in [0.15, 0.2) is 45.6 Å². The summed E-state index contributed by atoms with van der Waals surface area (Å²) in [4.78, 5) is 17.8. The molecule has 0 radical (unpaired) electrons.